The molecule has 0 rings (SSSR count). The first-order valence-electron chi connectivity index (χ1n) is 5.44. The number of nitrogens with zero attached hydrogens (tertiary/aromatic N) is 1. The zero-order chi connectivity index (χ0) is 13.1. The highest BCUT2D eigenvalue weighted by molar-refractivity contribution is 5.22. The van der Waals surface area contributed by atoms with E-state index in [4.69, 9.17) is 4.74 Å². The monoisotopic (exact) mass is 235 g/mol. The normalized spacial score (nSPS) is 12.1. The molecule has 0 aliphatic heterocycles. The van der Waals surface area contributed by atoms with Gasteiger partial charge in [0.15, 0.2) is 5.88 Å². The lowest BCUT2D eigenvalue weighted by molar-refractivity contribution is 0.179. The minimum atomic E-state index is -2.46. The van der Waals surface area contributed by atoms with Crippen LogP contribution < -0.4 is 0 Å². The van der Waals surface area contributed by atoms with Crippen molar-refractivity contribution in [2.24, 2.45) is 0 Å². The minimum Gasteiger partial charge on any atom is -0.482 e. The molecule has 96 valence electrons. The Morgan fingerprint density at radius 1 is 1.31 bits per heavy atom. The average molecular weight is 235 g/mol. The van der Waals surface area contributed by atoms with Crippen molar-refractivity contribution in [3.63, 3.8) is 0 Å². The molecule has 0 atom stereocenters. The van der Waals surface area contributed by atoms with Gasteiger partial charge in [-0.25, -0.2) is 8.78 Å². The number of methoxy groups -OCH3 is 1. The number of alkyl halides is 2. The van der Waals surface area contributed by atoms with Crippen LogP contribution in [-0.2, 0) is 4.74 Å². The Morgan fingerprint density at radius 2 is 1.81 bits per heavy atom. The van der Waals surface area contributed by atoms with Crippen LogP contribution in [-0.4, -0.2) is 32.5 Å². The van der Waals surface area contributed by atoms with Crippen LogP contribution in [0, 0.1) is 0 Å². The number of halogens is 2. The molecule has 0 radical (unpaired) electrons. The quantitative estimate of drug-likeness (QED) is 0.532. The summed E-state index contributed by atoms with van der Waals surface area (Å²) in [7, 11) is 4.94. The fourth-order valence-electron chi connectivity index (χ4n) is 0.960. The number of ether oxygens (including phenoxy) is 1. The second-order valence-corrected chi connectivity index (χ2v) is 2.99. The zero-order valence-electron chi connectivity index (χ0n) is 11.1. The standard InChI is InChI=1S/C10H17F2NO.C2H6/c1-5-6-8(10(11)12)7-9(14-4)13(2)3;1-2/h6-7,10H,5H2,1-4H3;1-2H3/b8-6+,9-7+;. The van der Waals surface area contributed by atoms with E-state index in [2.05, 4.69) is 0 Å². The average Bonchev–Trinajstić information content (AvgIpc) is 2.26. The first-order valence-corrected chi connectivity index (χ1v) is 5.44. The first-order chi connectivity index (χ1) is 7.52. The predicted molar refractivity (Wildman–Crippen MR) is 64.5 cm³/mol. The van der Waals surface area contributed by atoms with Crippen molar-refractivity contribution in [2.45, 2.75) is 33.6 Å². The smallest absolute Gasteiger partial charge is 0.263 e. The molecule has 0 aliphatic carbocycles. The Hall–Kier alpha value is -1.06. The van der Waals surface area contributed by atoms with Crippen LogP contribution in [0.2, 0.25) is 0 Å². The molecular formula is C12H23F2NO. The van der Waals surface area contributed by atoms with Crippen molar-refractivity contribution in [3.8, 4) is 0 Å². The molecule has 0 aliphatic rings. The lowest BCUT2D eigenvalue weighted by Gasteiger charge is -2.15. The Kier molecular flexibility index (Phi) is 11.3. The molecule has 0 bridgehead atoms. The summed E-state index contributed by atoms with van der Waals surface area (Å²) in [6, 6.07) is 0. The molecule has 0 saturated heterocycles. The number of rotatable bonds is 5. The van der Waals surface area contributed by atoms with E-state index in [-0.39, 0.29) is 5.57 Å². The summed E-state index contributed by atoms with van der Waals surface area (Å²) in [6.45, 7) is 5.82. The van der Waals surface area contributed by atoms with Gasteiger partial charge in [0.1, 0.15) is 0 Å². The maximum Gasteiger partial charge on any atom is 0.263 e. The van der Waals surface area contributed by atoms with Gasteiger partial charge in [-0.2, -0.15) is 0 Å². The maximum atomic E-state index is 12.5. The van der Waals surface area contributed by atoms with Crippen molar-refractivity contribution >= 4 is 0 Å². The van der Waals surface area contributed by atoms with Crippen LogP contribution in [0.4, 0.5) is 8.78 Å². The minimum absolute atomic E-state index is 0.00181. The third kappa shape index (κ3) is 7.26. The van der Waals surface area contributed by atoms with E-state index in [0.29, 0.717) is 12.3 Å². The zero-order valence-corrected chi connectivity index (χ0v) is 11.1. The van der Waals surface area contributed by atoms with Crippen molar-refractivity contribution < 1.29 is 13.5 Å². The van der Waals surface area contributed by atoms with Crippen molar-refractivity contribution in [1.29, 1.82) is 0 Å². The summed E-state index contributed by atoms with van der Waals surface area (Å²) in [5, 5.41) is 0. The Labute approximate surface area is 97.6 Å². The molecule has 16 heavy (non-hydrogen) atoms. The van der Waals surface area contributed by atoms with E-state index in [1.54, 1.807) is 19.0 Å². The molecule has 0 fully saturated rings. The van der Waals surface area contributed by atoms with Gasteiger partial charge in [0, 0.05) is 25.7 Å². The van der Waals surface area contributed by atoms with Gasteiger partial charge in [0.2, 0.25) is 0 Å². The topological polar surface area (TPSA) is 12.5 Å². The fourth-order valence-corrected chi connectivity index (χ4v) is 0.960. The van der Waals surface area contributed by atoms with E-state index < -0.39 is 6.43 Å². The Balaban J connectivity index is 0. The second kappa shape index (κ2) is 10.5. The van der Waals surface area contributed by atoms with Gasteiger partial charge < -0.3 is 9.64 Å². The Morgan fingerprint density at radius 3 is 2.06 bits per heavy atom. The fraction of sp³-hybridized carbons (Fsp3) is 0.667. The molecule has 0 amide bonds. The van der Waals surface area contributed by atoms with E-state index in [1.165, 1.54) is 19.3 Å². The van der Waals surface area contributed by atoms with E-state index in [0.717, 1.165) is 0 Å². The molecule has 4 heteroatoms. The van der Waals surface area contributed by atoms with Crippen LogP contribution in [0.5, 0.6) is 0 Å². The molecule has 0 aromatic heterocycles. The van der Waals surface area contributed by atoms with Crippen LogP contribution in [0.3, 0.4) is 0 Å². The summed E-state index contributed by atoms with van der Waals surface area (Å²) in [5.74, 6) is 0.421. The van der Waals surface area contributed by atoms with Crippen molar-refractivity contribution in [1.82, 2.24) is 4.90 Å². The molecule has 0 heterocycles. The van der Waals surface area contributed by atoms with Gasteiger partial charge in [0.05, 0.1) is 7.11 Å². The SMILES string of the molecule is CC.CC/C=C(\C=C(\OC)N(C)C)C(F)F. The van der Waals surface area contributed by atoms with E-state index >= 15 is 0 Å². The van der Waals surface area contributed by atoms with Gasteiger partial charge in [-0.15, -0.1) is 0 Å². The van der Waals surface area contributed by atoms with Crippen LogP contribution in [0.15, 0.2) is 23.6 Å². The van der Waals surface area contributed by atoms with E-state index in [9.17, 15) is 8.78 Å². The number of hydrogen-bond donors (Lipinski definition) is 0. The lowest BCUT2D eigenvalue weighted by Crippen LogP contribution is -2.13. The highest BCUT2D eigenvalue weighted by Gasteiger charge is 2.10. The summed E-state index contributed by atoms with van der Waals surface area (Å²) < 4.78 is 29.9. The third-order valence-electron chi connectivity index (χ3n) is 1.63. The molecule has 0 aromatic carbocycles. The maximum absolute atomic E-state index is 12.5. The number of allylic oxidation sites excluding steroid dienone is 3. The van der Waals surface area contributed by atoms with E-state index in [1.807, 2.05) is 20.8 Å². The van der Waals surface area contributed by atoms with Crippen LogP contribution in [0.1, 0.15) is 27.2 Å². The van der Waals surface area contributed by atoms with Gasteiger partial charge in [-0.3, -0.25) is 0 Å². The molecular weight excluding hydrogens is 212 g/mol. The molecule has 0 spiro atoms. The second-order valence-electron chi connectivity index (χ2n) is 2.99. The Bertz CT molecular complexity index is 223. The molecule has 0 saturated carbocycles. The molecule has 0 N–H and O–H groups in total. The molecule has 2 nitrogen and oxygen atoms in total. The van der Waals surface area contributed by atoms with Gasteiger partial charge >= 0.3 is 0 Å². The highest BCUT2D eigenvalue weighted by Crippen LogP contribution is 2.14. The summed E-state index contributed by atoms with van der Waals surface area (Å²) in [6.07, 6.45) is 0.974. The largest absolute Gasteiger partial charge is 0.482 e. The third-order valence-corrected chi connectivity index (χ3v) is 1.63. The lowest BCUT2D eigenvalue weighted by atomic mass is 10.2. The van der Waals surface area contributed by atoms with Crippen LogP contribution >= 0.6 is 0 Å². The van der Waals surface area contributed by atoms with Gasteiger partial charge in [-0.1, -0.05) is 26.8 Å². The van der Waals surface area contributed by atoms with Crippen molar-refractivity contribution in [2.75, 3.05) is 21.2 Å². The van der Waals surface area contributed by atoms with Gasteiger partial charge in [-0.05, 0) is 6.42 Å². The number of hydrogen-bond acceptors (Lipinski definition) is 2. The molecule has 0 aromatic rings. The highest BCUT2D eigenvalue weighted by atomic mass is 19.3. The molecule has 0 unspecified atom stereocenters. The van der Waals surface area contributed by atoms with Gasteiger partial charge in [0.25, 0.3) is 6.43 Å². The summed E-state index contributed by atoms with van der Waals surface area (Å²) >= 11 is 0. The van der Waals surface area contributed by atoms with Crippen LogP contribution in [0.25, 0.3) is 0 Å². The summed E-state index contributed by atoms with van der Waals surface area (Å²) in [5.41, 5.74) is -0.00181. The van der Waals surface area contributed by atoms with Crippen molar-refractivity contribution in [3.05, 3.63) is 23.6 Å². The summed E-state index contributed by atoms with van der Waals surface area (Å²) in [4.78, 5) is 1.64. The predicted octanol–water partition coefficient (Wildman–Crippen LogP) is 3.66. The first kappa shape index (κ1) is 17.3.